The number of carbonyl (C=O) groups is 1. The van der Waals surface area contributed by atoms with Crippen molar-refractivity contribution in [3.05, 3.63) is 75.6 Å². The Morgan fingerprint density at radius 1 is 1.13 bits per heavy atom. The van der Waals surface area contributed by atoms with Gasteiger partial charge in [0.25, 0.3) is 5.69 Å². The highest BCUT2D eigenvalue weighted by atomic mass is 35.5. The topological polar surface area (TPSA) is 88.8 Å². The van der Waals surface area contributed by atoms with Gasteiger partial charge in [-0.2, -0.15) is 0 Å². The van der Waals surface area contributed by atoms with Crippen LogP contribution >= 0.6 is 11.6 Å². The molecule has 1 aliphatic heterocycles. The number of methoxy groups -OCH3 is 1. The third-order valence-electron chi connectivity index (χ3n) is 5.61. The Kier molecular flexibility index (Phi) is 6.01. The number of fused-ring (bicyclic) bond motifs is 1. The van der Waals surface area contributed by atoms with E-state index in [9.17, 15) is 14.9 Å². The first-order valence-corrected chi connectivity index (χ1v) is 10.2. The number of hydrogen-bond acceptors (Lipinski definition) is 7. The molecule has 31 heavy (non-hydrogen) atoms. The number of ether oxygens (including phenoxy) is 1. The predicted molar refractivity (Wildman–Crippen MR) is 118 cm³/mol. The van der Waals surface area contributed by atoms with Crippen LogP contribution in [0.1, 0.15) is 11.6 Å². The van der Waals surface area contributed by atoms with E-state index in [0.717, 1.165) is 16.6 Å². The predicted octanol–water partition coefficient (Wildman–Crippen LogP) is 3.83. The zero-order valence-corrected chi connectivity index (χ0v) is 17.7. The summed E-state index contributed by atoms with van der Waals surface area (Å²) in [6.07, 6.45) is 3.16. The summed E-state index contributed by atoms with van der Waals surface area (Å²) < 4.78 is 5.06. The summed E-state index contributed by atoms with van der Waals surface area (Å²) in [5, 5.41) is 13.2. The van der Waals surface area contributed by atoms with Gasteiger partial charge in [-0.25, -0.2) is 4.79 Å². The molecular weight excluding hydrogens is 420 g/mol. The Balaban J connectivity index is 1.60. The zero-order valence-electron chi connectivity index (χ0n) is 16.9. The van der Waals surface area contributed by atoms with Crippen molar-refractivity contribution < 1.29 is 14.5 Å². The number of anilines is 1. The first kappa shape index (κ1) is 21.0. The lowest BCUT2D eigenvalue weighted by molar-refractivity contribution is -0.383. The lowest BCUT2D eigenvalue weighted by Crippen LogP contribution is -2.49. The molecule has 0 radical (unpaired) electrons. The quantitative estimate of drug-likeness (QED) is 0.338. The van der Waals surface area contributed by atoms with Crippen molar-refractivity contribution in [1.82, 2.24) is 9.88 Å². The fraction of sp³-hybridized carbons (Fsp3) is 0.273. The third-order valence-corrected chi connectivity index (χ3v) is 5.96. The normalized spacial score (nSPS) is 15.6. The second kappa shape index (κ2) is 8.87. The number of nitro benzene ring substituents is 1. The molecule has 0 bridgehead atoms. The second-order valence-corrected chi connectivity index (χ2v) is 7.66. The van der Waals surface area contributed by atoms with Gasteiger partial charge < -0.3 is 9.64 Å². The Labute approximate surface area is 184 Å². The highest BCUT2D eigenvalue weighted by Gasteiger charge is 2.33. The lowest BCUT2D eigenvalue weighted by Gasteiger charge is -2.39. The molecule has 8 nitrogen and oxygen atoms in total. The van der Waals surface area contributed by atoms with Crippen LogP contribution in [0.3, 0.4) is 0 Å². The molecule has 1 aliphatic rings. The number of halogens is 1. The van der Waals surface area contributed by atoms with E-state index in [4.69, 9.17) is 16.3 Å². The van der Waals surface area contributed by atoms with Crippen molar-refractivity contribution in [2.45, 2.75) is 6.04 Å². The van der Waals surface area contributed by atoms with E-state index in [2.05, 4.69) is 14.8 Å². The molecule has 1 aromatic heterocycles. The lowest BCUT2D eigenvalue weighted by atomic mass is 10.0. The van der Waals surface area contributed by atoms with Crippen LogP contribution in [0, 0.1) is 10.1 Å². The molecule has 0 N–H and O–H groups in total. The number of carbonyl (C=O) groups excluding carboxylic acids is 1. The number of nitrogens with zero attached hydrogens (tertiary/aromatic N) is 4. The Morgan fingerprint density at radius 2 is 1.87 bits per heavy atom. The molecule has 0 saturated carbocycles. The van der Waals surface area contributed by atoms with E-state index in [1.165, 1.54) is 19.4 Å². The number of nitro groups is 1. The standard InChI is InChI=1S/C22H21ClN4O4/c1-31-22(28)21(16-4-2-3-5-18(16)23)26-12-10-25(11-13-26)19-6-7-20(27(29)30)17-14-24-9-8-15(17)19/h2-9,14,21H,10-13H2,1H3. The average molecular weight is 441 g/mol. The molecule has 0 aliphatic carbocycles. The molecule has 0 spiro atoms. The van der Waals surface area contributed by atoms with Gasteiger partial charge >= 0.3 is 5.97 Å². The van der Waals surface area contributed by atoms with Gasteiger partial charge in [-0.1, -0.05) is 29.8 Å². The smallest absolute Gasteiger partial charge is 0.327 e. The Hall–Kier alpha value is -3.23. The summed E-state index contributed by atoms with van der Waals surface area (Å²) >= 11 is 6.36. The van der Waals surface area contributed by atoms with Crippen LogP contribution in [0.2, 0.25) is 5.02 Å². The van der Waals surface area contributed by atoms with Gasteiger partial charge in [0.2, 0.25) is 0 Å². The zero-order chi connectivity index (χ0) is 22.0. The minimum Gasteiger partial charge on any atom is -0.468 e. The number of aromatic nitrogens is 1. The monoisotopic (exact) mass is 440 g/mol. The van der Waals surface area contributed by atoms with E-state index >= 15 is 0 Å². The molecule has 160 valence electrons. The first-order valence-electron chi connectivity index (χ1n) is 9.83. The van der Waals surface area contributed by atoms with Crippen molar-refractivity contribution in [1.29, 1.82) is 0 Å². The second-order valence-electron chi connectivity index (χ2n) is 7.25. The summed E-state index contributed by atoms with van der Waals surface area (Å²) in [7, 11) is 1.37. The first-order chi connectivity index (χ1) is 15.0. The van der Waals surface area contributed by atoms with Crippen LogP contribution in [-0.4, -0.2) is 54.1 Å². The molecule has 2 heterocycles. The van der Waals surface area contributed by atoms with Crippen molar-refractivity contribution in [3.63, 3.8) is 0 Å². The van der Waals surface area contributed by atoms with Crippen LogP contribution in [0.25, 0.3) is 10.8 Å². The molecule has 9 heteroatoms. The minimum absolute atomic E-state index is 0.0370. The maximum Gasteiger partial charge on any atom is 0.327 e. The van der Waals surface area contributed by atoms with Crippen LogP contribution in [-0.2, 0) is 9.53 Å². The van der Waals surface area contributed by atoms with Gasteiger partial charge in [0.05, 0.1) is 17.4 Å². The Bertz CT molecular complexity index is 1130. The highest BCUT2D eigenvalue weighted by Crippen LogP contribution is 2.35. The molecule has 2 aromatic carbocycles. The van der Waals surface area contributed by atoms with Gasteiger partial charge in [0, 0.05) is 60.7 Å². The van der Waals surface area contributed by atoms with E-state index < -0.39 is 11.0 Å². The fourth-order valence-corrected chi connectivity index (χ4v) is 4.34. The maximum atomic E-state index is 12.6. The third kappa shape index (κ3) is 4.04. The van der Waals surface area contributed by atoms with Crippen molar-refractivity contribution in [2.24, 2.45) is 0 Å². The van der Waals surface area contributed by atoms with Gasteiger partial charge in [-0.05, 0) is 23.8 Å². The number of non-ortho nitro benzene ring substituents is 1. The SMILES string of the molecule is COC(=O)C(c1ccccc1Cl)N1CCN(c2ccc([N+](=O)[O-])c3cnccc23)CC1. The van der Waals surface area contributed by atoms with Crippen LogP contribution in [0.15, 0.2) is 54.9 Å². The van der Waals surface area contributed by atoms with Gasteiger partial charge in [0.1, 0.15) is 6.04 Å². The summed E-state index contributed by atoms with van der Waals surface area (Å²) in [4.78, 5) is 31.8. The summed E-state index contributed by atoms with van der Waals surface area (Å²) in [6.45, 7) is 2.50. The van der Waals surface area contributed by atoms with Crippen LogP contribution < -0.4 is 4.90 Å². The van der Waals surface area contributed by atoms with E-state index in [1.807, 2.05) is 18.2 Å². The molecule has 1 atom stereocenters. The number of pyridine rings is 1. The number of hydrogen-bond donors (Lipinski definition) is 0. The van der Waals surface area contributed by atoms with Gasteiger partial charge in [-0.3, -0.25) is 20.0 Å². The maximum absolute atomic E-state index is 12.6. The van der Waals surface area contributed by atoms with Crippen LogP contribution in [0.5, 0.6) is 0 Å². The molecule has 1 saturated heterocycles. The minimum atomic E-state index is -0.585. The van der Waals surface area contributed by atoms with Crippen molar-refractivity contribution in [3.8, 4) is 0 Å². The summed E-state index contributed by atoms with van der Waals surface area (Å²) in [5.41, 5.74) is 1.67. The average Bonchev–Trinajstić information content (AvgIpc) is 2.80. The molecular formula is C22H21ClN4O4. The molecule has 1 fully saturated rings. The molecule has 0 amide bonds. The molecule has 3 aromatic rings. The summed E-state index contributed by atoms with van der Waals surface area (Å²) in [5.74, 6) is -0.353. The van der Waals surface area contributed by atoms with E-state index in [1.54, 1.807) is 24.4 Å². The van der Waals surface area contributed by atoms with Crippen molar-refractivity contribution in [2.75, 3.05) is 38.2 Å². The van der Waals surface area contributed by atoms with E-state index in [-0.39, 0.29) is 11.7 Å². The van der Waals surface area contributed by atoms with Crippen molar-refractivity contribution >= 4 is 39.7 Å². The van der Waals surface area contributed by atoms with Gasteiger partial charge in [0.15, 0.2) is 0 Å². The summed E-state index contributed by atoms with van der Waals surface area (Å²) in [6, 6.07) is 11.8. The van der Waals surface area contributed by atoms with E-state index in [0.29, 0.717) is 36.6 Å². The van der Waals surface area contributed by atoms with Crippen LogP contribution in [0.4, 0.5) is 11.4 Å². The molecule has 4 rings (SSSR count). The van der Waals surface area contributed by atoms with Gasteiger partial charge in [-0.15, -0.1) is 0 Å². The number of piperazine rings is 1. The number of esters is 1. The Morgan fingerprint density at radius 3 is 2.55 bits per heavy atom. The number of rotatable bonds is 5. The number of benzene rings is 2. The fourth-order valence-electron chi connectivity index (χ4n) is 4.10. The largest absolute Gasteiger partial charge is 0.468 e. The highest BCUT2D eigenvalue weighted by molar-refractivity contribution is 6.31. The molecule has 1 unspecified atom stereocenters.